The molecule has 0 spiro atoms. The van der Waals surface area contributed by atoms with Gasteiger partial charge < -0.3 is 5.11 Å². The molecule has 4 nitrogen and oxygen atoms in total. The summed E-state index contributed by atoms with van der Waals surface area (Å²) in [5, 5.41) is 19.5. The molecule has 0 saturated heterocycles. The first-order valence-electron chi connectivity index (χ1n) is 7.84. The standard InChI is InChI=1S/C18H21N3O/c1-3-4-5-8-14-11-13(2)12-17(18(14)22)21-19-15-9-6-7-10-16(15)20-21/h6-7,9-12,22H,3-5,8H2,1-2H3. The van der Waals surface area contributed by atoms with Crippen molar-refractivity contribution in [1.29, 1.82) is 0 Å². The molecule has 2 aromatic carbocycles. The smallest absolute Gasteiger partial charge is 0.146 e. The molecule has 0 aliphatic carbocycles. The van der Waals surface area contributed by atoms with Gasteiger partial charge in [0.05, 0.1) is 0 Å². The van der Waals surface area contributed by atoms with Crippen LogP contribution in [0.1, 0.15) is 37.3 Å². The monoisotopic (exact) mass is 295 g/mol. The Hall–Kier alpha value is -2.36. The molecule has 0 bridgehead atoms. The fourth-order valence-electron chi connectivity index (χ4n) is 2.71. The maximum atomic E-state index is 10.6. The van der Waals surface area contributed by atoms with E-state index in [1.807, 2.05) is 37.3 Å². The van der Waals surface area contributed by atoms with Crippen LogP contribution in [-0.2, 0) is 6.42 Å². The van der Waals surface area contributed by atoms with Gasteiger partial charge in [-0.05, 0) is 49.1 Å². The van der Waals surface area contributed by atoms with Gasteiger partial charge in [0.2, 0.25) is 0 Å². The lowest BCUT2D eigenvalue weighted by atomic mass is 10.0. The summed E-state index contributed by atoms with van der Waals surface area (Å²) in [7, 11) is 0. The highest BCUT2D eigenvalue weighted by atomic mass is 16.3. The second kappa shape index (κ2) is 6.18. The quantitative estimate of drug-likeness (QED) is 0.719. The number of phenolic OH excluding ortho intramolecular Hbond substituents is 1. The fraction of sp³-hybridized carbons (Fsp3) is 0.333. The Bertz CT molecular complexity index is 759. The van der Waals surface area contributed by atoms with Gasteiger partial charge in [-0.15, -0.1) is 15.0 Å². The van der Waals surface area contributed by atoms with E-state index in [-0.39, 0.29) is 0 Å². The Balaban J connectivity index is 2.02. The summed E-state index contributed by atoms with van der Waals surface area (Å²) < 4.78 is 0. The third-order valence-electron chi connectivity index (χ3n) is 3.86. The minimum Gasteiger partial charge on any atom is -0.505 e. The van der Waals surface area contributed by atoms with Gasteiger partial charge in [-0.2, -0.15) is 0 Å². The first-order valence-corrected chi connectivity index (χ1v) is 7.84. The summed E-state index contributed by atoms with van der Waals surface area (Å²) in [6.45, 7) is 4.22. The predicted octanol–water partition coefficient (Wildman–Crippen LogP) is 4.17. The van der Waals surface area contributed by atoms with Gasteiger partial charge in [0.25, 0.3) is 0 Å². The van der Waals surface area contributed by atoms with E-state index in [0.29, 0.717) is 11.4 Å². The number of nitrogens with zero attached hydrogens (tertiary/aromatic N) is 3. The van der Waals surface area contributed by atoms with Gasteiger partial charge in [0, 0.05) is 0 Å². The molecule has 0 saturated carbocycles. The van der Waals surface area contributed by atoms with E-state index in [1.54, 1.807) is 0 Å². The summed E-state index contributed by atoms with van der Waals surface area (Å²) >= 11 is 0. The fourth-order valence-corrected chi connectivity index (χ4v) is 2.71. The van der Waals surface area contributed by atoms with Crippen LogP contribution < -0.4 is 0 Å². The zero-order chi connectivity index (χ0) is 15.5. The van der Waals surface area contributed by atoms with Crippen molar-refractivity contribution in [3.63, 3.8) is 0 Å². The van der Waals surface area contributed by atoms with Crippen LogP contribution in [0.5, 0.6) is 5.75 Å². The number of phenols is 1. The Morgan fingerprint density at radius 3 is 2.36 bits per heavy atom. The van der Waals surface area contributed by atoms with Crippen molar-refractivity contribution in [2.45, 2.75) is 39.5 Å². The number of aromatic hydroxyl groups is 1. The molecule has 0 radical (unpaired) electrons. The molecule has 1 N–H and O–H groups in total. The summed E-state index contributed by atoms with van der Waals surface area (Å²) in [6, 6.07) is 11.7. The third-order valence-corrected chi connectivity index (χ3v) is 3.86. The van der Waals surface area contributed by atoms with Gasteiger partial charge in [-0.25, -0.2) is 0 Å². The van der Waals surface area contributed by atoms with Crippen LogP contribution in [0, 0.1) is 6.92 Å². The second-order valence-corrected chi connectivity index (χ2v) is 5.73. The van der Waals surface area contributed by atoms with Gasteiger partial charge in [0.1, 0.15) is 22.5 Å². The molecule has 1 heterocycles. The normalized spacial score (nSPS) is 11.2. The molecular weight excluding hydrogens is 274 g/mol. The highest BCUT2D eigenvalue weighted by Gasteiger charge is 2.13. The van der Waals surface area contributed by atoms with E-state index in [4.69, 9.17) is 0 Å². The van der Waals surface area contributed by atoms with Gasteiger partial charge >= 0.3 is 0 Å². The van der Waals surface area contributed by atoms with Crippen LogP contribution in [0.2, 0.25) is 0 Å². The number of benzene rings is 2. The van der Waals surface area contributed by atoms with Crippen LogP contribution in [0.3, 0.4) is 0 Å². The molecule has 0 aliphatic rings. The largest absolute Gasteiger partial charge is 0.505 e. The maximum absolute atomic E-state index is 10.6. The van der Waals surface area contributed by atoms with Crippen LogP contribution in [0.15, 0.2) is 36.4 Å². The van der Waals surface area contributed by atoms with Crippen LogP contribution >= 0.6 is 0 Å². The molecule has 1 aromatic heterocycles. The lowest BCUT2D eigenvalue weighted by Crippen LogP contribution is -2.02. The molecule has 3 aromatic rings. The molecule has 0 atom stereocenters. The van der Waals surface area contributed by atoms with Crippen LogP contribution in [0.4, 0.5) is 0 Å². The van der Waals surface area contributed by atoms with Crippen molar-refractivity contribution in [1.82, 2.24) is 15.0 Å². The lowest BCUT2D eigenvalue weighted by molar-refractivity contribution is 0.459. The van der Waals surface area contributed by atoms with Gasteiger partial charge in [-0.3, -0.25) is 0 Å². The molecule has 0 aliphatic heterocycles. The van der Waals surface area contributed by atoms with E-state index in [0.717, 1.165) is 35.0 Å². The highest BCUT2D eigenvalue weighted by Crippen LogP contribution is 2.29. The van der Waals surface area contributed by atoms with Gasteiger partial charge in [-0.1, -0.05) is 38.0 Å². The Labute approximate surface area is 130 Å². The summed E-state index contributed by atoms with van der Waals surface area (Å²) in [4.78, 5) is 1.54. The predicted molar refractivity (Wildman–Crippen MR) is 88.5 cm³/mol. The van der Waals surface area contributed by atoms with Crippen molar-refractivity contribution in [3.05, 3.63) is 47.5 Å². The molecular formula is C18H21N3O. The Kier molecular flexibility index (Phi) is 4.09. The first kappa shape index (κ1) is 14.6. The topological polar surface area (TPSA) is 50.9 Å². The van der Waals surface area contributed by atoms with Crippen molar-refractivity contribution in [3.8, 4) is 11.4 Å². The number of aromatic nitrogens is 3. The lowest BCUT2D eigenvalue weighted by Gasteiger charge is -2.10. The van der Waals surface area contributed by atoms with E-state index in [2.05, 4.69) is 23.2 Å². The van der Waals surface area contributed by atoms with Crippen LogP contribution in [0.25, 0.3) is 16.7 Å². The summed E-state index contributed by atoms with van der Waals surface area (Å²) in [5.74, 6) is 0.294. The molecule has 0 fully saturated rings. The minimum absolute atomic E-state index is 0.294. The second-order valence-electron chi connectivity index (χ2n) is 5.73. The zero-order valence-electron chi connectivity index (χ0n) is 13.1. The molecule has 4 heteroatoms. The number of fused-ring (bicyclic) bond motifs is 1. The highest BCUT2D eigenvalue weighted by molar-refractivity contribution is 5.73. The number of unbranched alkanes of at least 4 members (excludes halogenated alkanes) is 2. The number of hydrogen-bond acceptors (Lipinski definition) is 3. The van der Waals surface area contributed by atoms with Gasteiger partial charge in [0.15, 0.2) is 0 Å². The van der Waals surface area contributed by atoms with E-state index < -0.39 is 0 Å². The van der Waals surface area contributed by atoms with Crippen molar-refractivity contribution in [2.75, 3.05) is 0 Å². The van der Waals surface area contributed by atoms with Crippen molar-refractivity contribution >= 4 is 11.0 Å². The third kappa shape index (κ3) is 2.82. The van der Waals surface area contributed by atoms with E-state index in [9.17, 15) is 5.11 Å². The van der Waals surface area contributed by atoms with E-state index >= 15 is 0 Å². The summed E-state index contributed by atoms with van der Waals surface area (Å²) in [5.41, 5.74) is 4.40. The van der Waals surface area contributed by atoms with Crippen molar-refractivity contribution < 1.29 is 5.11 Å². The maximum Gasteiger partial charge on any atom is 0.146 e. The number of hydrogen-bond donors (Lipinski definition) is 1. The average Bonchev–Trinajstić information content (AvgIpc) is 2.94. The molecule has 0 unspecified atom stereocenters. The van der Waals surface area contributed by atoms with Crippen molar-refractivity contribution in [2.24, 2.45) is 0 Å². The average molecular weight is 295 g/mol. The SMILES string of the molecule is CCCCCc1cc(C)cc(-n2nc3ccccc3n2)c1O. The Morgan fingerprint density at radius 1 is 1.05 bits per heavy atom. The molecule has 114 valence electrons. The first-order chi connectivity index (χ1) is 10.7. The molecule has 0 amide bonds. The molecule has 3 rings (SSSR count). The zero-order valence-corrected chi connectivity index (χ0v) is 13.1. The summed E-state index contributed by atoms with van der Waals surface area (Å²) in [6.07, 6.45) is 4.31. The number of aryl methyl sites for hydroxylation is 2. The molecule has 22 heavy (non-hydrogen) atoms. The van der Waals surface area contributed by atoms with E-state index in [1.165, 1.54) is 17.6 Å². The van der Waals surface area contributed by atoms with Crippen LogP contribution in [-0.4, -0.2) is 20.1 Å². The minimum atomic E-state index is 0.294. The number of rotatable bonds is 5. The Morgan fingerprint density at radius 2 is 1.73 bits per heavy atom.